The van der Waals surface area contributed by atoms with Crippen molar-refractivity contribution >= 4 is 29.7 Å². The zero-order valence-corrected chi connectivity index (χ0v) is 19.2. The summed E-state index contributed by atoms with van der Waals surface area (Å²) in [5.41, 5.74) is 5.45. The van der Waals surface area contributed by atoms with E-state index in [1.165, 1.54) is 16.8 Å². The predicted molar refractivity (Wildman–Crippen MR) is 129 cm³/mol. The van der Waals surface area contributed by atoms with Crippen LogP contribution in [0.4, 0.5) is 0 Å². The average molecular weight is 461 g/mol. The highest BCUT2D eigenvalue weighted by atomic mass is 32.2. The second-order valence-electron chi connectivity index (χ2n) is 7.40. The quantitative estimate of drug-likeness (QED) is 0.522. The number of hydrogen-bond acceptors (Lipinski definition) is 5. The maximum atomic E-state index is 13.3. The molecular weight excluding hydrogens is 436 g/mol. The van der Waals surface area contributed by atoms with Crippen molar-refractivity contribution in [2.45, 2.75) is 11.8 Å². The van der Waals surface area contributed by atoms with Crippen LogP contribution in [-0.2, 0) is 16.0 Å². The maximum Gasteiger partial charge on any atom is 0.280 e. The SMILES string of the molecule is COc1ccc(/C=C2/S[C@@H](c3ccc(OC)cc3)N(NC(=O)Cc3ccccc3)C2=O)cc1. The number of nitrogens with one attached hydrogen (secondary N) is 1. The number of nitrogens with zero attached hydrogens (tertiary/aromatic N) is 1. The van der Waals surface area contributed by atoms with Gasteiger partial charge >= 0.3 is 0 Å². The van der Waals surface area contributed by atoms with Crippen LogP contribution in [0.25, 0.3) is 6.08 Å². The molecule has 0 spiro atoms. The first-order chi connectivity index (χ1) is 16.1. The molecule has 6 nitrogen and oxygen atoms in total. The molecular formula is C26H24N2O4S. The lowest BCUT2D eigenvalue weighted by Crippen LogP contribution is -2.44. The third-order valence-electron chi connectivity index (χ3n) is 5.17. The van der Waals surface area contributed by atoms with E-state index in [1.54, 1.807) is 14.2 Å². The van der Waals surface area contributed by atoms with E-state index >= 15 is 0 Å². The van der Waals surface area contributed by atoms with Gasteiger partial charge in [0.15, 0.2) is 0 Å². The normalized spacial score (nSPS) is 16.7. The van der Waals surface area contributed by atoms with Gasteiger partial charge in [-0.3, -0.25) is 15.0 Å². The monoisotopic (exact) mass is 460 g/mol. The van der Waals surface area contributed by atoms with E-state index in [0.717, 1.165) is 28.2 Å². The highest BCUT2D eigenvalue weighted by Crippen LogP contribution is 2.45. The Kier molecular flexibility index (Phi) is 7.00. The van der Waals surface area contributed by atoms with Gasteiger partial charge in [-0.25, -0.2) is 5.01 Å². The van der Waals surface area contributed by atoms with Crippen LogP contribution in [0.2, 0.25) is 0 Å². The first kappa shape index (κ1) is 22.5. The van der Waals surface area contributed by atoms with Gasteiger partial charge in [0, 0.05) is 0 Å². The molecule has 1 atom stereocenters. The van der Waals surface area contributed by atoms with E-state index in [4.69, 9.17) is 9.47 Å². The third-order valence-corrected chi connectivity index (χ3v) is 6.42. The molecule has 1 heterocycles. The summed E-state index contributed by atoms with van der Waals surface area (Å²) in [6, 6.07) is 24.4. The lowest BCUT2D eigenvalue weighted by molar-refractivity contribution is -0.137. The van der Waals surface area contributed by atoms with Gasteiger partial charge in [-0.2, -0.15) is 0 Å². The fourth-order valence-electron chi connectivity index (χ4n) is 3.45. The summed E-state index contributed by atoms with van der Waals surface area (Å²) in [4.78, 5) is 26.6. The van der Waals surface area contributed by atoms with Crippen molar-refractivity contribution in [2.75, 3.05) is 14.2 Å². The number of benzene rings is 3. The Morgan fingerprint density at radius 3 is 2.15 bits per heavy atom. The van der Waals surface area contributed by atoms with Crippen molar-refractivity contribution in [1.82, 2.24) is 10.4 Å². The number of amides is 2. The predicted octanol–water partition coefficient (Wildman–Crippen LogP) is 4.59. The molecule has 168 valence electrons. The minimum atomic E-state index is -0.396. The zero-order chi connectivity index (χ0) is 23.2. The summed E-state index contributed by atoms with van der Waals surface area (Å²) in [6.45, 7) is 0. The summed E-state index contributed by atoms with van der Waals surface area (Å²) in [5.74, 6) is 0.965. The molecule has 0 saturated carbocycles. The highest BCUT2D eigenvalue weighted by molar-refractivity contribution is 8.04. The summed E-state index contributed by atoms with van der Waals surface area (Å²) in [6.07, 6.45) is 2.01. The van der Waals surface area contributed by atoms with Gasteiger partial charge in [0.2, 0.25) is 5.91 Å². The Morgan fingerprint density at radius 2 is 1.55 bits per heavy atom. The smallest absolute Gasteiger partial charge is 0.280 e. The summed E-state index contributed by atoms with van der Waals surface area (Å²) in [5, 5.41) is 1.01. The molecule has 1 saturated heterocycles. The number of hydrogen-bond donors (Lipinski definition) is 1. The van der Waals surface area contributed by atoms with Gasteiger partial charge < -0.3 is 9.47 Å². The lowest BCUT2D eigenvalue weighted by atomic mass is 10.1. The number of ether oxygens (including phenoxy) is 2. The number of carbonyl (C=O) groups is 2. The minimum absolute atomic E-state index is 0.183. The van der Waals surface area contributed by atoms with Crippen LogP contribution in [0.1, 0.15) is 22.1 Å². The van der Waals surface area contributed by atoms with Gasteiger partial charge in [0.1, 0.15) is 16.9 Å². The highest BCUT2D eigenvalue weighted by Gasteiger charge is 2.38. The number of thioether (sulfide) groups is 1. The fraction of sp³-hybridized carbons (Fsp3) is 0.154. The molecule has 1 fully saturated rings. The van der Waals surface area contributed by atoms with E-state index in [-0.39, 0.29) is 18.2 Å². The first-order valence-corrected chi connectivity index (χ1v) is 11.3. The van der Waals surface area contributed by atoms with Crippen LogP contribution < -0.4 is 14.9 Å². The molecule has 33 heavy (non-hydrogen) atoms. The topological polar surface area (TPSA) is 67.9 Å². The van der Waals surface area contributed by atoms with Crippen molar-refractivity contribution in [3.63, 3.8) is 0 Å². The largest absolute Gasteiger partial charge is 0.497 e. The van der Waals surface area contributed by atoms with Crippen LogP contribution in [0.3, 0.4) is 0 Å². The van der Waals surface area contributed by atoms with Gasteiger partial charge in [0.25, 0.3) is 5.91 Å². The molecule has 0 aromatic heterocycles. The van der Waals surface area contributed by atoms with E-state index in [2.05, 4.69) is 5.43 Å². The first-order valence-electron chi connectivity index (χ1n) is 10.4. The average Bonchev–Trinajstić information content (AvgIpc) is 3.15. The fourth-order valence-corrected chi connectivity index (χ4v) is 4.64. The van der Waals surface area contributed by atoms with Crippen LogP contribution in [-0.4, -0.2) is 31.0 Å². The summed E-state index contributed by atoms with van der Waals surface area (Å²) in [7, 11) is 3.22. The second-order valence-corrected chi connectivity index (χ2v) is 8.52. The standard InChI is InChI=1S/C26H24N2O4S/c1-31-21-12-8-19(9-13-21)16-23-25(30)28(27-24(29)17-18-6-4-3-5-7-18)26(33-23)20-10-14-22(32-2)15-11-20/h3-16,26H,17H2,1-2H3,(H,27,29)/b23-16+/t26-/m0/s1. The Hall–Kier alpha value is -3.71. The van der Waals surface area contributed by atoms with E-state index < -0.39 is 5.37 Å². The van der Waals surface area contributed by atoms with Crippen LogP contribution >= 0.6 is 11.8 Å². The molecule has 7 heteroatoms. The van der Waals surface area contributed by atoms with E-state index in [1.807, 2.05) is 84.9 Å². The van der Waals surface area contributed by atoms with Crippen molar-refractivity contribution in [3.05, 3.63) is 100 Å². The molecule has 1 aliphatic heterocycles. The molecule has 0 bridgehead atoms. The van der Waals surface area contributed by atoms with E-state index in [0.29, 0.717) is 4.91 Å². The summed E-state index contributed by atoms with van der Waals surface area (Å²) >= 11 is 1.40. The Labute approximate surface area is 197 Å². The van der Waals surface area contributed by atoms with Crippen molar-refractivity contribution in [1.29, 1.82) is 0 Å². The van der Waals surface area contributed by atoms with Crippen molar-refractivity contribution in [2.24, 2.45) is 0 Å². The van der Waals surface area contributed by atoms with Gasteiger partial charge in [-0.15, -0.1) is 0 Å². The zero-order valence-electron chi connectivity index (χ0n) is 18.4. The Morgan fingerprint density at radius 1 is 0.939 bits per heavy atom. The Balaban J connectivity index is 1.60. The molecule has 0 aliphatic carbocycles. The van der Waals surface area contributed by atoms with Gasteiger partial charge in [0.05, 0.1) is 25.5 Å². The second kappa shape index (κ2) is 10.3. The Bertz CT molecular complexity index is 1150. The molecule has 0 unspecified atom stereocenters. The van der Waals surface area contributed by atoms with Crippen molar-refractivity contribution < 1.29 is 19.1 Å². The van der Waals surface area contributed by atoms with Gasteiger partial charge in [-0.1, -0.05) is 66.4 Å². The number of rotatable bonds is 7. The van der Waals surface area contributed by atoms with E-state index in [9.17, 15) is 9.59 Å². The third kappa shape index (κ3) is 5.38. The molecule has 4 rings (SSSR count). The number of hydrazine groups is 1. The lowest BCUT2D eigenvalue weighted by Gasteiger charge is -2.24. The number of methoxy groups -OCH3 is 2. The molecule has 1 N–H and O–H groups in total. The van der Waals surface area contributed by atoms with Gasteiger partial charge in [-0.05, 0) is 47.0 Å². The van der Waals surface area contributed by atoms with Crippen LogP contribution in [0, 0.1) is 0 Å². The summed E-state index contributed by atoms with van der Waals surface area (Å²) < 4.78 is 10.5. The molecule has 0 radical (unpaired) electrons. The molecule has 1 aliphatic rings. The molecule has 2 amide bonds. The van der Waals surface area contributed by atoms with Crippen LogP contribution in [0.15, 0.2) is 83.8 Å². The minimum Gasteiger partial charge on any atom is -0.497 e. The molecule has 3 aromatic rings. The molecule has 3 aromatic carbocycles. The number of carbonyl (C=O) groups excluding carboxylic acids is 2. The van der Waals surface area contributed by atoms with Crippen LogP contribution in [0.5, 0.6) is 11.5 Å². The van der Waals surface area contributed by atoms with Crippen molar-refractivity contribution in [3.8, 4) is 11.5 Å². The maximum absolute atomic E-state index is 13.3.